The largest absolute Gasteiger partial charge is 0.465 e. The summed E-state index contributed by atoms with van der Waals surface area (Å²) in [4.78, 5) is 25.9. The molecule has 2 fully saturated rings. The van der Waals surface area contributed by atoms with E-state index in [1.54, 1.807) is 4.90 Å². The fourth-order valence-corrected chi connectivity index (χ4v) is 2.62. The lowest BCUT2D eigenvalue weighted by Crippen LogP contribution is -2.38. The van der Waals surface area contributed by atoms with Crippen LogP contribution in [-0.2, 0) is 4.74 Å². The summed E-state index contributed by atoms with van der Waals surface area (Å²) in [6.07, 6.45) is -1.16. The van der Waals surface area contributed by atoms with Crippen molar-refractivity contribution in [3.05, 3.63) is 0 Å². The number of fused-ring (bicyclic) bond motifs is 1. The van der Waals surface area contributed by atoms with Crippen LogP contribution in [0, 0.1) is 11.8 Å². The number of hydrogen-bond acceptors (Lipinski definition) is 3. The van der Waals surface area contributed by atoms with Crippen LogP contribution in [0.4, 0.5) is 9.59 Å². The summed E-state index contributed by atoms with van der Waals surface area (Å²) >= 11 is 0. The third-order valence-electron chi connectivity index (χ3n) is 3.41. The summed E-state index contributed by atoms with van der Waals surface area (Å²) in [7, 11) is 0. The van der Waals surface area contributed by atoms with Crippen LogP contribution in [0.2, 0.25) is 0 Å². The molecule has 0 unspecified atom stereocenters. The molecule has 6 nitrogen and oxygen atoms in total. The molecule has 2 aliphatic heterocycles. The van der Waals surface area contributed by atoms with Crippen molar-refractivity contribution >= 4 is 12.2 Å². The first-order valence-electron chi connectivity index (χ1n) is 6.22. The van der Waals surface area contributed by atoms with E-state index in [-0.39, 0.29) is 17.9 Å². The molecule has 2 amide bonds. The zero-order valence-electron chi connectivity index (χ0n) is 11.0. The van der Waals surface area contributed by atoms with E-state index < -0.39 is 11.7 Å². The molecular formula is C12H20N2O4. The van der Waals surface area contributed by atoms with Gasteiger partial charge in [0.05, 0.1) is 0 Å². The molecule has 2 aliphatic rings. The Hall–Kier alpha value is -1.46. The number of nitrogens with zero attached hydrogens (tertiary/aromatic N) is 2. The molecule has 0 radical (unpaired) electrons. The van der Waals surface area contributed by atoms with Crippen LogP contribution >= 0.6 is 0 Å². The molecule has 0 spiro atoms. The van der Waals surface area contributed by atoms with Gasteiger partial charge in [-0.05, 0) is 20.8 Å². The molecule has 2 atom stereocenters. The molecule has 2 heterocycles. The Labute approximate surface area is 106 Å². The van der Waals surface area contributed by atoms with Crippen LogP contribution in [-0.4, -0.2) is 58.9 Å². The molecule has 0 aromatic heterocycles. The summed E-state index contributed by atoms with van der Waals surface area (Å²) in [5.74, 6) is 0.516. The number of hydrogen-bond donors (Lipinski definition) is 1. The minimum atomic E-state index is -0.867. The van der Waals surface area contributed by atoms with Gasteiger partial charge in [0.15, 0.2) is 0 Å². The minimum absolute atomic E-state index is 0.258. The van der Waals surface area contributed by atoms with Gasteiger partial charge in [-0.15, -0.1) is 0 Å². The van der Waals surface area contributed by atoms with E-state index in [1.165, 1.54) is 4.90 Å². The molecule has 0 aliphatic carbocycles. The number of ether oxygens (including phenoxy) is 1. The Morgan fingerprint density at radius 3 is 1.89 bits per heavy atom. The summed E-state index contributed by atoms with van der Waals surface area (Å²) < 4.78 is 5.32. The topological polar surface area (TPSA) is 70.1 Å². The van der Waals surface area contributed by atoms with Crippen molar-refractivity contribution < 1.29 is 19.4 Å². The predicted molar refractivity (Wildman–Crippen MR) is 64.4 cm³/mol. The Morgan fingerprint density at radius 1 is 1.06 bits per heavy atom. The van der Waals surface area contributed by atoms with E-state index in [0.29, 0.717) is 26.2 Å². The van der Waals surface area contributed by atoms with Crippen LogP contribution in [0.1, 0.15) is 20.8 Å². The Balaban J connectivity index is 1.89. The van der Waals surface area contributed by atoms with E-state index in [0.717, 1.165) is 0 Å². The highest BCUT2D eigenvalue weighted by Gasteiger charge is 2.43. The van der Waals surface area contributed by atoms with E-state index in [4.69, 9.17) is 9.84 Å². The smallest absolute Gasteiger partial charge is 0.410 e. The Bertz CT molecular complexity index is 350. The number of rotatable bonds is 0. The predicted octanol–water partition coefficient (Wildman–Crippen LogP) is 1.46. The monoisotopic (exact) mass is 256 g/mol. The first kappa shape index (κ1) is 13.0. The minimum Gasteiger partial charge on any atom is -0.465 e. The van der Waals surface area contributed by atoms with Crippen LogP contribution in [0.3, 0.4) is 0 Å². The molecule has 2 rings (SSSR count). The maximum Gasteiger partial charge on any atom is 0.410 e. The highest BCUT2D eigenvalue weighted by Crippen LogP contribution is 2.31. The molecule has 0 saturated carbocycles. The van der Waals surface area contributed by atoms with Crippen molar-refractivity contribution in [3.63, 3.8) is 0 Å². The normalized spacial score (nSPS) is 27.3. The SMILES string of the molecule is CC(C)(C)OC(=O)N1C[C@H]2CN(C(=O)O)C[C@H]2C1. The number of carbonyl (C=O) groups is 2. The number of carbonyl (C=O) groups excluding carboxylic acids is 1. The van der Waals surface area contributed by atoms with Crippen molar-refractivity contribution in [1.29, 1.82) is 0 Å². The average molecular weight is 256 g/mol. The van der Waals surface area contributed by atoms with Crippen LogP contribution in [0.5, 0.6) is 0 Å². The number of carboxylic acid groups (broad SMARTS) is 1. The van der Waals surface area contributed by atoms with Crippen LogP contribution in [0.15, 0.2) is 0 Å². The molecule has 1 N–H and O–H groups in total. The molecule has 0 bridgehead atoms. The first-order chi connectivity index (χ1) is 8.26. The molecule has 18 heavy (non-hydrogen) atoms. The summed E-state index contributed by atoms with van der Waals surface area (Å²) in [6, 6.07) is 0. The van der Waals surface area contributed by atoms with Crippen molar-refractivity contribution in [2.75, 3.05) is 26.2 Å². The number of amides is 2. The lowest BCUT2D eigenvalue weighted by Gasteiger charge is -2.25. The van der Waals surface area contributed by atoms with E-state index in [9.17, 15) is 9.59 Å². The third kappa shape index (κ3) is 2.68. The zero-order valence-corrected chi connectivity index (χ0v) is 11.0. The van der Waals surface area contributed by atoms with Crippen molar-refractivity contribution in [2.45, 2.75) is 26.4 Å². The highest BCUT2D eigenvalue weighted by molar-refractivity contribution is 5.69. The van der Waals surface area contributed by atoms with Crippen LogP contribution < -0.4 is 0 Å². The van der Waals surface area contributed by atoms with Gasteiger partial charge < -0.3 is 19.6 Å². The molecule has 0 aromatic carbocycles. The van der Waals surface area contributed by atoms with E-state index in [2.05, 4.69) is 0 Å². The number of likely N-dealkylation sites (tertiary alicyclic amines) is 2. The lowest BCUT2D eigenvalue weighted by atomic mass is 10.0. The van der Waals surface area contributed by atoms with E-state index >= 15 is 0 Å². The maximum atomic E-state index is 11.9. The van der Waals surface area contributed by atoms with Gasteiger partial charge >= 0.3 is 12.2 Å². The lowest BCUT2D eigenvalue weighted by molar-refractivity contribution is 0.0276. The van der Waals surface area contributed by atoms with Gasteiger partial charge in [0, 0.05) is 38.0 Å². The quantitative estimate of drug-likeness (QED) is 0.712. The second-order valence-corrected chi connectivity index (χ2v) is 6.09. The first-order valence-corrected chi connectivity index (χ1v) is 6.22. The fraction of sp³-hybridized carbons (Fsp3) is 0.833. The van der Waals surface area contributed by atoms with Crippen LogP contribution in [0.25, 0.3) is 0 Å². The zero-order chi connectivity index (χ0) is 13.5. The standard InChI is InChI=1S/C12H20N2O4/c1-12(2,3)18-11(17)14-6-8-4-13(10(15)16)5-9(8)7-14/h8-9H,4-7H2,1-3H3,(H,15,16)/t8-,9+. The molecule has 2 saturated heterocycles. The van der Waals surface area contributed by atoms with Gasteiger partial charge in [0.2, 0.25) is 0 Å². The Morgan fingerprint density at radius 2 is 1.50 bits per heavy atom. The second kappa shape index (κ2) is 4.33. The van der Waals surface area contributed by atoms with Gasteiger partial charge in [-0.2, -0.15) is 0 Å². The average Bonchev–Trinajstić information content (AvgIpc) is 2.69. The summed E-state index contributed by atoms with van der Waals surface area (Å²) in [6.45, 7) is 7.78. The van der Waals surface area contributed by atoms with Crippen molar-refractivity contribution in [1.82, 2.24) is 9.80 Å². The van der Waals surface area contributed by atoms with Gasteiger partial charge in [0.1, 0.15) is 5.60 Å². The third-order valence-corrected chi connectivity index (χ3v) is 3.41. The molecule has 6 heteroatoms. The summed E-state index contributed by atoms with van der Waals surface area (Å²) in [5, 5.41) is 8.92. The van der Waals surface area contributed by atoms with Gasteiger partial charge in [-0.3, -0.25) is 0 Å². The van der Waals surface area contributed by atoms with Gasteiger partial charge in [-0.1, -0.05) is 0 Å². The van der Waals surface area contributed by atoms with Crippen molar-refractivity contribution in [2.24, 2.45) is 11.8 Å². The van der Waals surface area contributed by atoms with Gasteiger partial charge in [0.25, 0.3) is 0 Å². The van der Waals surface area contributed by atoms with E-state index in [1.807, 2.05) is 20.8 Å². The second-order valence-electron chi connectivity index (χ2n) is 6.09. The highest BCUT2D eigenvalue weighted by atomic mass is 16.6. The molecule has 102 valence electrons. The maximum absolute atomic E-state index is 11.9. The summed E-state index contributed by atoms with van der Waals surface area (Å²) in [5.41, 5.74) is -0.484. The fourth-order valence-electron chi connectivity index (χ4n) is 2.62. The van der Waals surface area contributed by atoms with Gasteiger partial charge in [-0.25, -0.2) is 9.59 Å². The molecule has 0 aromatic rings. The Kier molecular flexibility index (Phi) is 3.12. The van der Waals surface area contributed by atoms with Crippen molar-refractivity contribution in [3.8, 4) is 0 Å². The molecular weight excluding hydrogens is 236 g/mol.